The molecular formula is C16H21N3O2. The summed E-state index contributed by atoms with van der Waals surface area (Å²) in [4.78, 5) is 0. The predicted molar refractivity (Wildman–Crippen MR) is 80.1 cm³/mol. The van der Waals surface area contributed by atoms with E-state index in [0.29, 0.717) is 6.04 Å². The van der Waals surface area contributed by atoms with Gasteiger partial charge in [0.05, 0.1) is 12.8 Å². The SMILES string of the molecule is COc1ccc(CN[C@H]2CCO[C@@H]2c2ccnn2C)cc1. The first-order valence-electron chi connectivity index (χ1n) is 7.24. The highest BCUT2D eigenvalue weighted by Crippen LogP contribution is 2.28. The van der Waals surface area contributed by atoms with Crippen molar-refractivity contribution in [3.63, 3.8) is 0 Å². The maximum absolute atomic E-state index is 5.87. The molecule has 5 heteroatoms. The number of ether oxygens (including phenoxy) is 2. The molecule has 21 heavy (non-hydrogen) atoms. The van der Waals surface area contributed by atoms with E-state index in [2.05, 4.69) is 22.5 Å². The third kappa shape index (κ3) is 3.09. The summed E-state index contributed by atoms with van der Waals surface area (Å²) in [6.45, 7) is 1.61. The fourth-order valence-corrected chi connectivity index (χ4v) is 2.75. The highest BCUT2D eigenvalue weighted by molar-refractivity contribution is 5.27. The Morgan fingerprint density at radius 1 is 1.33 bits per heavy atom. The van der Waals surface area contributed by atoms with Gasteiger partial charge in [-0.1, -0.05) is 12.1 Å². The Bertz CT molecular complexity index is 579. The quantitative estimate of drug-likeness (QED) is 0.914. The summed E-state index contributed by atoms with van der Waals surface area (Å²) >= 11 is 0. The molecule has 1 aromatic carbocycles. The van der Waals surface area contributed by atoms with E-state index in [4.69, 9.17) is 9.47 Å². The minimum atomic E-state index is 0.0794. The van der Waals surface area contributed by atoms with Crippen LogP contribution in [-0.2, 0) is 18.3 Å². The lowest BCUT2D eigenvalue weighted by Crippen LogP contribution is -2.32. The van der Waals surface area contributed by atoms with E-state index in [-0.39, 0.29) is 6.10 Å². The second-order valence-electron chi connectivity index (χ2n) is 5.30. The number of rotatable bonds is 5. The monoisotopic (exact) mass is 287 g/mol. The largest absolute Gasteiger partial charge is 0.497 e. The molecule has 1 aliphatic heterocycles. The molecule has 0 amide bonds. The number of aryl methyl sites for hydroxylation is 1. The van der Waals surface area contributed by atoms with Crippen molar-refractivity contribution < 1.29 is 9.47 Å². The van der Waals surface area contributed by atoms with Crippen LogP contribution in [0, 0.1) is 0 Å². The van der Waals surface area contributed by atoms with Gasteiger partial charge < -0.3 is 14.8 Å². The van der Waals surface area contributed by atoms with Gasteiger partial charge in [-0.05, 0) is 30.2 Å². The Kier molecular flexibility index (Phi) is 4.22. The summed E-state index contributed by atoms with van der Waals surface area (Å²) in [5, 5.41) is 7.82. The van der Waals surface area contributed by atoms with Gasteiger partial charge in [0, 0.05) is 32.4 Å². The minimum Gasteiger partial charge on any atom is -0.497 e. The summed E-state index contributed by atoms with van der Waals surface area (Å²) in [5.41, 5.74) is 2.37. The third-order valence-corrected chi connectivity index (χ3v) is 3.97. The molecule has 0 spiro atoms. The number of nitrogens with zero attached hydrogens (tertiary/aromatic N) is 2. The summed E-state index contributed by atoms with van der Waals surface area (Å²) in [6, 6.07) is 10.5. The molecule has 112 valence electrons. The second-order valence-corrected chi connectivity index (χ2v) is 5.30. The zero-order valence-electron chi connectivity index (χ0n) is 12.5. The van der Waals surface area contributed by atoms with Crippen LogP contribution in [0.15, 0.2) is 36.5 Å². The van der Waals surface area contributed by atoms with Gasteiger partial charge in [0.25, 0.3) is 0 Å². The predicted octanol–water partition coefficient (Wildman–Crippen LogP) is 2.05. The number of methoxy groups -OCH3 is 1. The molecular weight excluding hydrogens is 266 g/mol. The lowest BCUT2D eigenvalue weighted by molar-refractivity contribution is 0.0919. The van der Waals surface area contributed by atoms with E-state index in [1.54, 1.807) is 7.11 Å². The van der Waals surface area contributed by atoms with Crippen LogP contribution in [0.25, 0.3) is 0 Å². The van der Waals surface area contributed by atoms with Gasteiger partial charge in [0.15, 0.2) is 0 Å². The van der Waals surface area contributed by atoms with Gasteiger partial charge in [-0.3, -0.25) is 4.68 Å². The summed E-state index contributed by atoms with van der Waals surface area (Å²) in [6.07, 6.45) is 2.92. The summed E-state index contributed by atoms with van der Waals surface area (Å²) < 4.78 is 12.9. The minimum absolute atomic E-state index is 0.0794. The van der Waals surface area contributed by atoms with Crippen LogP contribution >= 0.6 is 0 Å². The first kappa shape index (κ1) is 14.1. The fraction of sp³-hybridized carbons (Fsp3) is 0.438. The number of hydrogen-bond acceptors (Lipinski definition) is 4. The summed E-state index contributed by atoms with van der Waals surface area (Å²) in [5.74, 6) is 0.885. The highest BCUT2D eigenvalue weighted by Gasteiger charge is 2.31. The van der Waals surface area contributed by atoms with Crippen LogP contribution < -0.4 is 10.1 Å². The van der Waals surface area contributed by atoms with Crippen LogP contribution in [0.3, 0.4) is 0 Å². The van der Waals surface area contributed by atoms with E-state index >= 15 is 0 Å². The van der Waals surface area contributed by atoms with Crippen LogP contribution in [-0.4, -0.2) is 29.5 Å². The van der Waals surface area contributed by atoms with Crippen molar-refractivity contribution >= 4 is 0 Å². The molecule has 5 nitrogen and oxygen atoms in total. The van der Waals surface area contributed by atoms with Gasteiger partial charge >= 0.3 is 0 Å². The van der Waals surface area contributed by atoms with Gasteiger partial charge in [-0.25, -0.2) is 0 Å². The van der Waals surface area contributed by atoms with Gasteiger partial charge in [-0.15, -0.1) is 0 Å². The van der Waals surface area contributed by atoms with E-state index < -0.39 is 0 Å². The molecule has 1 fully saturated rings. The van der Waals surface area contributed by atoms with Crippen molar-refractivity contribution in [1.29, 1.82) is 0 Å². The summed E-state index contributed by atoms with van der Waals surface area (Å²) in [7, 11) is 3.64. The van der Waals surface area contributed by atoms with Crippen LogP contribution in [0.2, 0.25) is 0 Å². The Labute approximate surface area is 124 Å². The van der Waals surface area contributed by atoms with Gasteiger partial charge in [0.1, 0.15) is 11.9 Å². The van der Waals surface area contributed by atoms with Crippen LogP contribution in [0.4, 0.5) is 0 Å². The van der Waals surface area contributed by atoms with Gasteiger partial charge in [0.2, 0.25) is 0 Å². The Hall–Kier alpha value is -1.85. The van der Waals surface area contributed by atoms with E-state index in [1.807, 2.05) is 36.1 Å². The number of hydrogen-bond donors (Lipinski definition) is 1. The third-order valence-electron chi connectivity index (χ3n) is 3.97. The molecule has 2 heterocycles. The number of benzene rings is 1. The van der Waals surface area contributed by atoms with E-state index in [9.17, 15) is 0 Å². The maximum atomic E-state index is 5.87. The molecule has 2 aromatic rings. The Morgan fingerprint density at radius 3 is 2.81 bits per heavy atom. The standard InChI is InChI=1S/C16H21N3O2/c1-19-15(7-9-18-19)16-14(8-10-21-16)17-11-12-3-5-13(20-2)6-4-12/h3-7,9,14,16-17H,8,10-11H2,1-2H3/t14-,16-/m0/s1. The molecule has 0 aliphatic carbocycles. The van der Waals surface area contributed by atoms with Gasteiger partial charge in [-0.2, -0.15) is 5.10 Å². The smallest absolute Gasteiger partial charge is 0.118 e. The lowest BCUT2D eigenvalue weighted by Gasteiger charge is -2.20. The highest BCUT2D eigenvalue weighted by atomic mass is 16.5. The number of aromatic nitrogens is 2. The van der Waals surface area contributed by atoms with Crippen molar-refractivity contribution in [3.8, 4) is 5.75 Å². The lowest BCUT2D eigenvalue weighted by atomic mass is 10.1. The molecule has 1 saturated heterocycles. The molecule has 1 N–H and O–H groups in total. The van der Waals surface area contributed by atoms with Crippen LogP contribution in [0.1, 0.15) is 23.8 Å². The second kappa shape index (κ2) is 6.28. The molecule has 0 saturated carbocycles. The molecule has 0 unspecified atom stereocenters. The van der Waals surface area contributed by atoms with Crippen molar-refractivity contribution in [1.82, 2.24) is 15.1 Å². The average Bonchev–Trinajstić information content (AvgIpc) is 3.13. The molecule has 1 aromatic heterocycles. The molecule has 0 radical (unpaired) electrons. The van der Waals surface area contributed by atoms with E-state index in [0.717, 1.165) is 31.0 Å². The normalized spacial score (nSPS) is 21.6. The molecule has 0 bridgehead atoms. The van der Waals surface area contributed by atoms with E-state index in [1.165, 1.54) is 5.56 Å². The number of nitrogens with one attached hydrogen (secondary N) is 1. The zero-order valence-corrected chi connectivity index (χ0v) is 12.5. The Balaban J connectivity index is 1.62. The Morgan fingerprint density at radius 2 is 2.14 bits per heavy atom. The van der Waals surface area contributed by atoms with Crippen molar-refractivity contribution in [3.05, 3.63) is 47.8 Å². The molecule has 2 atom stereocenters. The fourth-order valence-electron chi connectivity index (χ4n) is 2.75. The first-order valence-corrected chi connectivity index (χ1v) is 7.24. The molecule has 1 aliphatic rings. The van der Waals surface area contributed by atoms with Crippen molar-refractivity contribution in [2.45, 2.75) is 25.1 Å². The van der Waals surface area contributed by atoms with Crippen LogP contribution in [0.5, 0.6) is 5.75 Å². The average molecular weight is 287 g/mol. The molecule has 3 rings (SSSR count). The van der Waals surface area contributed by atoms with Crippen molar-refractivity contribution in [2.75, 3.05) is 13.7 Å². The van der Waals surface area contributed by atoms with Crippen molar-refractivity contribution in [2.24, 2.45) is 7.05 Å². The first-order chi connectivity index (χ1) is 10.3. The topological polar surface area (TPSA) is 48.3 Å². The maximum Gasteiger partial charge on any atom is 0.118 e. The zero-order chi connectivity index (χ0) is 14.7.